The summed E-state index contributed by atoms with van der Waals surface area (Å²) >= 11 is 0. The molecule has 1 atom stereocenters. The van der Waals surface area contributed by atoms with E-state index in [2.05, 4.69) is 0 Å². The number of nitrogens with zero attached hydrogens (tertiary/aromatic N) is 1. The molecule has 1 unspecified atom stereocenters. The zero-order valence-corrected chi connectivity index (χ0v) is 17.5. The van der Waals surface area contributed by atoms with Gasteiger partial charge in [0.05, 0.1) is 20.8 Å². The number of allylic oxidation sites excluding steroid dienone is 1. The third-order valence-electron chi connectivity index (χ3n) is 5.18. The minimum atomic E-state index is -2.02. The van der Waals surface area contributed by atoms with Crippen molar-refractivity contribution in [2.75, 3.05) is 32.3 Å². The Morgan fingerprint density at radius 3 is 2.39 bits per heavy atom. The number of benzene rings is 1. The van der Waals surface area contributed by atoms with E-state index in [9.17, 15) is 19.2 Å². The van der Waals surface area contributed by atoms with Gasteiger partial charge in [0.25, 0.3) is 0 Å². The van der Waals surface area contributed by atoms with Crippen LogP contribution in [0.1, 0.15) is 19.4 Å². The minimum Gasteiger partial charge on any atom is -0.468 e. The summed E-state index contributed by atoms with van der Waals surface area (Å²) in [5.74, 6) is -3.60. The van der Waals surface area contributed by atoms with Gasteiger partial charge in [0.1, 0.15) is 29.3 Å². The number of ether oxygens (including phenoxy) is 4. The van der Waals surface area contributed by atoms with E-state index < -0.39 is 29.3 Å². The van der Waals surface area contributed by atoms with Gasteiger partial charge in [-0.1, -0.05) is 18.2 Å². The Kier molecular flexibility index (Phi) is 5.74. The molecule has 31 heavy (non-hydrogen) atoms. The Hall–Kier alpha value is -3.82. The second-order valence-electron chi connectivity index (χ2n) is 6.72. The number of carbonyl (C=O) groups is 4. The van der Waals surface area contributed by atoms with Crippen molar-refractivity contribution in [1.29, 1.82) is 0 Å². The molecule has 2 aliphatic heterocycles. The number of methoxy groups -OCH3 is 2. The molecule has 164 valence electrons. The van der Waals surface area contributed by atoms with Crippen molar-refractivity contribution in [3.8, 4) is 0 Å². The van der Waals surface area contributed by atoms with E-state index in [0.717, 1.165) is 7.11 Å². The molecular weight excluding hydrogens is 408 g/mol. The number of carbonyl (C=O) groups excluding carboxylic acids is 4. The van der Waals surface area contributed by atoms with Crippen LogP contribution in [-0.4, -0.2) is 51.2 Å². The van der Waals surface area contributed by atoms with Crippen molar-refractivity contribution < 1.29 is 38.1 Å². The summed E-state index contributed by atoms with van der Waals surface area (Å²) in [7, 11) is 2.36. The van der Waals surface area contributed by atoms with Gasteiger partial charge in [0, 0.05) is 11.3 Å². The molecule has 0 radical (unpaired) electrons. The van der Waals surface area contributed by atoms with Crippen LogP contribution in [0.4, 0.5) is 5.69 Å². The molecule has 2 heterocycles. The molecule has 10 heteroatoms. The summed E-state index contributed by atoms with van der Waals surface area (Å²) in [6.07, 6.45) is 0. The Morgan fingerprint density at radius 1 is 1.10 bits per heavy atom. The standard InChI is InChI=1S/C21H22N2O8/c1-5-30-19(26)16-17(22)23(10-14(24)28-3)13-9-7-6-8-12(13)21(16)15(18(25)29-4)11(2)31-20(21)27/h6-9H,5,10,22H2,1-4H3. The van der Waals surface area contributed by atoms with Crippen LogP contribution in [0, 0.1) is 0 Å². The van der Waals surface area contributed by atoms with Gasteiger partial charge < -0.3 is 29.6 Å². The Balaban J connectivity index is 2.44. The van der Waals surface area contributed by atoms with Gasteiger partial charge in [-0.2, -0.15) is 0 Å². The van der Waals surface area contributed by atoms with Crippen LogP contribution in [0.25, 0.3) is 0 Å². The van der Waals surface area contributed by atoms with Gasteiger partial charge >= 0.3 is 23.9 Å². The first-order chi connectivity index (χ1) is 14.7. The summed E-state index contributed by atoms with van der Waals surface area (Å²) in [6.45, 7) is 2.64. The van der Waals surface area contributed by atoms with E-state index >= 15 is 0 Å². The molecule has 1 spiro atoms. The highest BCUT2D eigenvalue weighted by molar-refractivity contribution is 6.16. The number of nitrogens with two attached hydrogens (primary N) is 1. The fourth-order valence-electron chi connectivity index (χ4n) is 3.95. The van der Waals surface area contributed by atoms with E-state index in [0.29, 0.717) is 5.69 Å². The Labute approximate surface area is 178 Å². The average molecular weight is 430 g/mol. The lowest BCUT2D eigenvalue weighted by atomic mass is 9.66. The number of anilines is 1. The second-order valence-corrected chi connectivity index (χ2v) is 6.72. The maximum absolute atomic E-state index is 13.3. The van der Waals surface area contributed by atoms with Gasteiger partial charge in [-0.3, -0.25) is 4.79 Å². The number of para-hydroxylation sites is 1. The first-order valence-electron chi connectivity index (χ1n) is 9.38. The lowest BCUT2D eigenvalue weighted by molar-refractivity contribution is -0.147. The Morgan fingerprint density at radius 2 is 1.77 bits per heavy atom. The van der Waals surface area contributed by atoms with Crippen LogP contribution in [0.5, 0.6) is 0 Å². The number of fused-ring (bicyclic) bond motifs is 2. The molecule has 2 N–H and O–H groups in total. The van der Waals surface area contributed by atoms with E-state index in [1.807, 2.05) is 0 Å². The predicted molar refractivity (Wildman–Crippen MR) is 106 cm³/mol. The third kappa shape index (κ3) is 3.11. The number of rotatable bonds is 5. The number of cyclic esters (lactones) is 1. The molecule has 0 aliphatic carbocycles. The van der Waals surface area contributed by atoms with Crippen molar-refractivity contribution in [3.63, 3.8) is 0 Å². The lowest BCUT2D eigenvalue weighted by Gasteiger charge is -2.40. The number of esters is 4. The molecule has 0 amide bonds. The first kappa shape index (κ1) is 21.9. The molecule has 0 saturated carbocycles. The topological polar surface area (TPSA) is 134 Å². The van der Waals surface area contributed by atoms with E-state index in [1.54, 1.807) is 31.2 Å². The molecule has 0 fully saturated rings. The monoisotopic (exact) mass is 430 g/mol. The van der Waals surface area contributed by atoms with Crippen molar-refractivity contribution in [3.05, 3.63) is 52.6 Å². The predicted octanol–water partition coefficient (Wildman–Crippen LogP) is 0.655. The molecule has 1 aromatic carbocycles. The molecule has 10 nitrogen and oxygen atoms in total. The fourth-order valence-corrected chi connectivity index (χ4v) is 3.95. The number of hydrogen-bond donors (Lipinski definition) is 1. The van der Waals surface area contributed by atoms with Crippen molar-refractivity contribution in [2.45, 2.75) is 19.3 Å². The van der Waals surface area contributed by atoms with Gasteiger partial charge in [-0.25, -0.2) is 14.4 Å². The van der Waals surface area contributed by atoms with Crippen LogP contribution in [0.15, 0.2) is 47.0 Å². The quantitative estimate of drug-likeness (QED) is 0.524. The summed E-state index contributed by atoms with van der Waals surface area (Å²) in [5.41, 5.74) is 4.36. The van der Waals surface area contributed by atoms with Crippen LogP contribution < -0.4 is 10.6 Å². The van der Waals surface area contributed by atoms with Crippen LogP contribution in [-0.2, 0) is 43.5 Å². The van der Waals surface area contributed by atoms with E-state index in [4.69, 9.17) is 24.7 Å². The fraction of sp³-hybridized carbons (Fsp3) is 0.333. The maximum atomic E-state index is 13.3. The van der Waals surface area contributed by atoms with Crippen molar-refractivity contribution in [1.82, 2.24) is 0 Å². The summed E-state index contributed by atoms with van der Waals surface area (Å²) in [5, 5.41) is 0. The van der Waals surface area contributed by atoms with Gasteiger partial charge in [-0.05, 0) is 19.9 Å². The van der Waals surface area contributed by atoms with Gasteiger partial charge in [-0.15, -0.1) is 0 Å². The third-order valence-corrected chi connectivity index (χ3v) is 5.18. The molecular formula is C21H22N2O8. The van der Waals surface area contributed by atoms with Crippen molar-refractivity contribution >= 4 is 29.6 Å². The highest BCUT2D eigenvalue weighted by Crippen LogP contribution is 2.53. The smallest absolute Gasteiger partial charge is 0.339 e. The normalized spacial score (nSPS) is 19.9. The largest absolute Gasteiger partial charge is 0.468 e. The molecule has 0 aromatic heterocycles. The minimum absolute atomic E-state index is 0.0182. The maximum Gasteiger partial charge on any atom is 0.339 e. The summed E-state index contributed by atoms with van der Waals surface area (Å²) < 4.78 is 20.1. The lowest BCUT2D eigenvalue weighted by Crippen LogP contribution is -2.51. The average Bonchev–Trinajstić information content (AvgIpc) is 3.01. The van der Waals surface area contributed by atoms with Crippen molar-refractivity contribution in [2.24, 2.45) is 5.73 Å². The van der Waals surface area contributed by atoms with E-state index in [1.165, 1.54) is 18.9 Å². The van der Waals surface area contributed by atoms with Crippen LogP contribution >= 0.6 is 0 Å². The molecule has 0 saturated heterocycles. The van der Waals surface area contributed by atoms with Gasteiger partial charge in [0.15, 0.2) is 5.41 Å². The first-order valence-corrected chi connectivity index (χ1v) is 9.38. The zero-order valence-electron chi connectivity index (χ0n) is 17.5. The second kappa shape index (κ2) is 8.13. The highest BCUT2D eigenvalue weighted by atomic mass is 16.6. The number of hydrogen-bond acceptors (Lipinski definition) is 10. The molecule has 2 aliphatic rings. The van der Waals surface area contributed by atoms with E-state index in [-0.39, 0.29) is 41.4 Å². The Bertz CT molecular complexity index is 1040. The summed E-state index contributed by atoms with van der Waals surface area (Å²) in [6, 6.07) is 6.43. The van der Waals surface area contributed by atoms with Gasteiger partial charge in [0.2, 0.25) is 0 Å². The summed E-state index contributed by atoms with van der Waals surface area (Å²) in [4.78, 5) is 52.6. The molecule has 1 aromatic rings. The molecule has 0 bridgehead atoms. The molecule has 3 rings (SSSR count). The van der Waals surface area contributed by atoms with Crippen LogP contribution in [0.2, 0.25) is 0 Å². The highest BCUT2D eigenvalue weighted by Gasteiger charge is 2.63. The zero-order chi connectivity index (χ0) is 22.9. The van der Waals surface area contributed by atoms with Crippen LogP contribution in [0.3, 0.4) is 0 Å². The SMILES string of the molecule is CCOC(=O)C1=C(N)N(CC(=O)OC)c2ccccc2C12C(=O)OC(C)=C2C(=O)OC.